The molecule has 7 heteroatoms. The van der Waals surface area contributed by atoms with Gasteiger partial charge in [0.1, 0.15) is 11.6 Å². The molecule has 0 heterocycles. The van der Waals surface area contributed by atoms with Gasteiger partial charge < -0.3 is 10.1 Å². The van der Waals surface area contributed by atoms with Gasteiger partial charge in [0.25, 0.3) is 5.91 Å². The Labute approximate surface area is 143 Å². The molecule has 0 radical (unpaired) electrons. The van der Waals surface area contributed by atoms with Gasteiger partial charge in [-0.3, -0.25) is 10.1 Å². The summed E-state index contributed by atoms with van der Waals surface area (Å²) in [6, 6.07) is 10.3. The average molecular weight is 353 g/mol. The molecule has 0 aliphatic carbocycles. The third kappa shape index (κ3) is 4.91. The predicted molar refractivity (Wildman–Crippen MR) is 92.7 cm³/mol. The number of hydrogen-bond acceptors (Lipinski definition) is 3. The maximum absolute atomic E-state index is 12.8. The van der Waals surface area contributed by atoms with Crippen LogP contribution in [0.5, 0.6) is 5.75 Å². The van der Waals surface area contributed by atoms with Crippen LogP contribution >= 0.6 is 23.8 Å². The fraction of sp³-hybridized carbons (Fsp3) is 0.125. The molecular formula is C16H14ClFN2O2S. The van der Waals surface area contributed by atoms with E-state index in [4.69, 9.17) is 28.6 Å². The number of thiocarbonyl (C=S) groups is 1. The van der Waals surface area contributed by atoms with E-state index in [1.165, 1.54) is 30.3 Å². The van der Waals surface area contributed by atoms with Crippen molar-refractivity contribution in [3.63, 3.8) is 0 Å². The lowest BCUT2D eigenvalue weighted by molar-refractivity contribution is 0.0977. The highest BCUT2D eigenvalue weighted by molar-refractivity contribution is 7.80. The fourth-order valence-electron chi connectivity index (χ4n) is 1.79. The standard InChI is InChI=1S/C16H14ClFN2O2S/c1-2-22-14-8-3-10(9-13(14)17)15(21)20-16(23)19-12-6-4-11(18)5-7-12/h3-9H,2H2,1H3,(H2,19,20,21,23). The molecule has 2 N–H and O–H groups in total. The molecule has 0 saturated heterocycles. The molecule has 0 unspecified atom stereocenters. The van der Waals surface area contributed by atoms with Crippen LogP contribution in [0.25, 0.3) is 0 Å². The highest BCUT2D eigenvalue weighted by Gasteiger charge is 2.11. The summed E-state index contributed by atoms with van der Waals surface area (Å²) >= 11 is 11.1. The SMILES string of the molecule is CCOc1ccc(C(=O)NC(=S)Nc2ccc(F)cc2)cc1Cl. The maximum atomic E-state index is 12.8. The number of nitrogens with one attached hydrogen (secondary N) is 2. The van der Waals surface area contributed by atoms with Crippen molar-refractivity contribution in [1.29, 1.82) is 0 Å². The molecular weight excluding hydrogens is 339 g/mol. The first-order chi connectivity index (χ1) is 11.0. The van der Waals surface area contributed by atoms with Crippen molar-refractivity contribution in [2.75, 3.05) is 11.9 Å². The Morgan fingerprint density at radius 3 is 2.57 bits per heavy atom. The largest absolute Gasteiger partial charge is 0.492 e. The van der Waals surface area contributed by atoms with Crippen molar-refractivity contribution >= 4 is 40.5 Å². The monoisotopic (exact) mass is 352 g/mol. The number of ether oxygens (including phenoxy) is 1. The number of halogens is 2. The molecule has 0 aromatic heterocycles. The smallest absolute Gasteiger partial charge is 0.257 e. The number of rotatable bonds is 4. The van der Waals surface area contributed by atoms with Gasteiger partial charge in [0, 0.05) is 11.3 Å². The first-order valence-electron chi connectivity index (χ1n) is 6.80. The van der Waals surface area contributed by atoms with Crippen molar-refractivity contribution in [2.45, 2.75) is 6.92 Å². The van der Waals surface area contributed by atoms with Crippen LogP contribution < -0.4 is 15.4 Å². The van der Waals surface area contributed by atoms with Crippen LogP contribution in [0.1, 0.15) is 17.3 Å². The summed E-state index contributed by atoms with van der Waals surface area (Å²) in [5.74, 6) is -0.248. The topological polar surface area (TPSA) is 50.4 Å². The van der Waals surface area contributed by atoms with Crippen LogP contribution in [0, 0.1) is 5.82 Å². The number of anilines is 1. The van der Waals surface area contributed by atoms with Crippen molar-refractivity contribution in [2.24, 2.45) is 0 Å². The maximum Gasteiger partial charge on any atom is 0.257 e. The number of amides is 1. The van der Waals surface area contributed by atoms with Gasteiger partial charge in [-0.25, -0.2) is 4.39 Å². The Morgan fingerprint density at radius 1 is 1.26 bits per heavy atom. The van der Waals surface area contributed by atoms with Gasteiger partial charge in [-0.1, -0.05) is 11.6 Å². The van der Waals surface area contributed by atoms with Gasteiger partial charge in [-0.2, -0.15) is 0 Å². The van der Waals surface area contributed by atoms with Gasteiger partial charge in [-0.05, 0) is 61.6 Å². The molecule has 4 nitrogen and oxygen atoms in total. The Bertz CT molecular complexity index is 723. The minimum absolute atomic E-state index is 0.103. The molecule has 23 heavy (non-hydrogen) atoms. The lowest BCUT2D eigenvalue weighted by atomic mass is 10.2. The van der Waals surface area contributed by atoms with Gasteiger partial charge in [0.15, 0.2) is 5.11 Å². The van der Waals surface area contributed by atoms with E-state index < -0.39 is 5.91 Å². The third-order valence-corrected chi connectivity index (χ3v) is 3.32. The first kappa shape index (κ1) is 17.2. The van der Waals surface area contributed by atoms with Gasteiger partial charge in [-0.15, -0.1) is 0 Å². The second-order valence-electron chi connectivity index (χ2n) is 4.49. The molecule has 0 saturated carbocycles. The first-order valence-corrected chi connectivity index (χ1v) is 7.58. The summed E-state index contributed by atoms with van der Waals surface area (Å²) in [6.45, 7) is 2.33. The van der Waals surface area contributed by atoms with Crippen LogP contribution in [0.3, 0.4) is 0 Å². The minimum Gasteiger partial charge on any atom is -0.492 e. The minimum atomic E-state index is -0.408. The molecule has 120 valence electrons. The summed E-state index contributed by atoms with van der Waals surface area (Å²) in [5, 5.41) is 5.77. The van der Waals surface area contributed by atoms with Crippen LogP contribution in [0.2, 0.25) is 5.02 Å². The highest BCUT2D eigenvalue weighted by atomic mass is 35.5. The average Bonchev–Trinajstić information content (AvgIpc) is 2.51. The molecule has 0 fully saturated rings. The summed E-state index contributed by atoms with van der Waals surface area (Å²) < 4.78 is 18.1. The number of carbonyl (C=O) groups excluding carboxylic acids is 1. The Balaban J connectivity index is 1.99. The van der Waals surface area contributed by atoms with E-state index in [2.05, 4.69) is 10.6 Å². The van der Waals surface area contributed by atoms with Gasteiger partial charge >= 0.3 is 0 Å². The lowest BCUT2D eigenvalue weighted by Gasteiger charge is -2.11. The van der Waals surface area contributed by atoms with Crippen LogP contribution in [-0.4, -0.2) is 17.6 Å². The third-order valence-electron chi connectivity index (χ3n) is 2.82. The lowest BCUT2D eigenvalue weighted by Crippen LogP contribution is -2.34. The van der Waals surface area contributed by atoms with Crippen LogP contribution in [0.15, 0.2) is 42.5 Å². The Morgan fingerprint density at radius 2 is 1.96 bits per heavy atom. The van der Waals surface area contributed by atoms with E-state index >= 15 is 0 Å². The fourth-order valence-corrected chi connectivity index (χ4v) is 2.23. The summed E-state index contributed by atoms with van der Waals surface area (Å²) in [5.41, 5.74) is 0.920. The van der Waals surface area contributed by atoms with Gasteiger partial charge in [0.2, 0.25) is 0 Å². The van der Waals surface area contributed by atoms with Crippen molar-refractivity contribution in [1.82, 2.24) is 5.32 Å². The predicted octanol–water partition coefficient (Wildman–Crippen LogP) is 4.00. The van der Waals surface area contributed by atoms with E-state index in [0.717, 1.165) is 0 Å². The molecule has 0 spiro atoms. The van der Waals surface area contributed by atoms with E-state index in [1.807, 2.05) is 6.92 Å². The Kier molecular flexibility index (Phi) is 5.90. The number of carbonyl (C=O) groups is 1. The van der Waals surface area contributed by atoms with Crippen LogP contribution in [-0.2, 0) is 0 Å². The molecule has 1 amide bonds. The van der Waals surface area contributed by atoms with Crippen LogP contribution in [0.4, 0.5) is 10.1 Å². The molecule has 0 bridgehead atoms. The summed E-state index contributed by atoms with van der Waals surface area (Å²) in [7, 11) is 0. The molecule has 2 aromatic carbocycles. The quantitative estimate of drug-likeness (QED) is 0.816. The zero-order valence-electron chi connectivity index (χ0n) is 12.2. The second kappa shape index (κ2) is 7.89. The molecule has 2 aromatic rings. The molecule has 2 rings (SSSR count). The van der Waals surface area contributed by atoms with E-state index in [1.54, 1.807) is 12.1 Å². The normalized spacial score (nSPS) is 10.0. The van der Waals surface area contributed by atoms with Gasteiger partial charge in [0.05, 0.1) is 11.6 Å². The Hall–Kier alpha value is -2.18. The van der Waals surface area contributed by atoms with Crippen molar-refractivity contribution < 1.29 is 13.9 Å². The number of hydrogen-bond donors (Lipinski definition) is 2. The number of benzene rings is 2. The van der Waals surface area contributed by atoms with E-state index in [-0.39, 0.29) is 10.9 Å². The van der Waals surface area contributed by atoms with E-state index in [0.29, 0.717) is 28.6 Å². The molecule has 0 aliphatic rings. The molecule has 0 atom stereocenters. The zero-order valence-corrected chi connectivity index (χ0v) is 13.8. The summed E-state index contributed by atoms with van der Waals surface area (Å²) in [4.78, 5) is 12.1. The second-order valence-corrected chi connectivity index (χ2v) is 5.31. The van der Waals surface area contributed by atoms with Crippen molar-refractivity contribution in [3.05, 3.63) is 58.9 Å². The van der Waals surface area contributed by atoms with Crippen molar-refractivity contribution in [3.8, 4) is 5.75 Å². The zero-order chi connectivity index (χ0) is 16.8. The van der Waals surface area contributed by atoms with E-state index in [9.17, 15) is 9.18 Å². The summed E-state index contributed by atoms with van der Waals surface area (Å²) in [6.07, 6.45) is 0. The highest BCUT2D eigenvalue weighted by Crippen LogP contribution is 2.25. The molecule has 0 aliphatic heterocycles.